The smallest absolute Gasteiger partial charge is 0.292 e. The van der Waals surface area contributed by atoms with Crippen LogP contribution in [0.3, 0.4) is 0 Å². The fraction of sp³-hybridized carbons (Fsp3) is 0.455. The third-order valence-electron chi connectivity index (χ3n) is 3.14. The van der Waals surface area contributed by atoms with Gasteiger partial charge in [0.05, 0.1) is 4.92 Å². The number of anilines is 1. The van der Waals surface area contributed by atoms with E-state index in [1.807, 2.05) is 0 Å². The van der Waals surface area contributed by atoms with E-state index in [2.05, 4.69) is 21.2 Å². The molecule has 1 aliphatic carbocycles. The zero-order chi connectivity index (χ0) is 12.5. The zero-order valence-electron chi connectivity index (χ0n) is 9.28. The van der Waals surface area contributed by atoms with Gasteiger partial charge >= 0.3 is 0 Å². The monoisotopic (exact) mass is 299 g/mol. The molecule has 1 aromatic rings. The molecule has 0 spiro atoms. The zero-order valence-corrected chi connectivity index (χ0v) is 10.9. The van der Waals surface area contributed by atoms with Crippen molar-refractivity contribution < 1.29 is 4.92 Å². The van der Waals surface area contributed by atoms with Gasteiger partial charge in [0.25, 0.3) is 5.69 Å². The topological polar surface area (TPSA) is 81.2 Å². The highest BCUT2D eigenvalue weighted by Crippen LogP contribution is 2.32. The lowest BCUT2D eigenvalue weighted by Crippen LogP contribution is -2.52. The van der Waals surface area contributed by atoms with Crippen LogP contribution in [0.5, 0.6) is 0 Å². The maximum atomic E-state index is 10.9. The minimum atomic E-state index is -0.390. The van der Waals surface area contributed by atoms with Crippen LogP contribution in [0.25, 0.3) is 0 Å². The van der Waals surface area contributed by atoms with Gasteiger partial charge in [-0.2, -0.15) is 0 Å². The van der Waals surface area contributed by atoms with Gasteiger partial charge in [0.15, 0.2) is 0 Å². The van der Waals surface area contributed by atoms with Crippen LogP contribution in [-0.4, -0.2) is 17.0 Å². The van der Waals surface area contributed by atoms with Gasteiger partial charge in [0.1, 0.15) is 5.69 Å². The SMILES string of the molecule is NC1(CNc2cc(Br)ccc2[N+](=O)[O-])CCC1. The molecule has 1 fully saturated rings. The molecular formula is C11H14BrN3O2. The van der Waals surface area contributed by atoms with Crippen LogP contribution < -0.4 is 11.1 Å². The van der Waals surface area contributed by atoms with E-state index in [1.54, 1.807) is 12.1 Å². The highest BCUT2D eigenvalue weighted by Gasteiger charge is 2.32. The van der Waals surface area contributed by atoms with Crippen molar-refractivity contribution in [2.45, 2.75) is 24.8 Å². The van der Waals surface area contributed by atoms with E-state index in [4.69, 9.17) is 5.73 Å². The first-order valence-electron chi connectivity index (χ1n) is 5.47. The van der Waals surface area contributed by atoms with Gasteiger partial charge in [0.2, 0.25) is 0 Å². The molecule has 0 unspecified atom stereocenters. The highest BCUT2D eigenvalue weighted by atomic mass is 79.9. The van der Waals surface area contributed by atoms with Gasteiger partial charge in [-0.15, -0.1) is 0 Å². The van der Waals surface area contributed by atoms with E-state index < -0.39 is 4.92 Å². The fourth-order valence-corrected chi connectivity index (χ4v) is 2.25. The van der Waals surface area contributed by atoms with E-state index in [0.717, 1.165) is 23.7 Å². The summed E-state index contributed by atoms with van der Waals surface area (Å²) in [6, 6.07) is 4.85. The molecule has 0 atom stereocenters. The summed E-state index contributed by atoms with van der Waals surface area (Å²) in [6.45, 7) is 0.574. The van der Waals surface area contributed by atoms with E-state index in [0.29, 0.717) is 12.2 Å². The third-order valence-corrected chi connectivity index (χ3v) is 3.63. The van der Waals surface area contributed by atoms with Crippen molar-refractivity contribution in [2.75, 3.05) is 11.9 Å². The summed E-state index contributed by atoms with van der Waals surface area (Å²) < 4.78 is 0.810. The number of hydrogen-bond acceptors (Lipinski definition) is 4. The standard InChI is InChI=1S/C11H14BrN3O2/c12-8-2-3-10(15(16)17)9(6-8)14-7-11(13)4-1-5-11/h2-3,6,14H,1,4-5,7,13H2. The quantitative estimate of drug-likeness (QED) is 0.661. The van der Waals surface area contributed by atoms with Gasteiger partial charge in [-0.25, -0.2) is 0 Å². The Hall–Kier alpha value is -1.14. The van der Waals surface area contributed by atoms with E-state index in [9.17, 15) is 10.1 Å². The molecule has 5 nitrogen and oxygen atoms in total. The van der Waals surface area contributed by atoms with E-state index in [-0.39, 0.29) is 11.2 Å². The van der Waals surface area contributed by atoms with Crippen molar-refractivity contribution in [3.8, 4) is 0 Å². The number of benzene rings is 1. The molecule has 0 amide bonds. The Labute approximate surface area is 108 Å². The Bertz CT molecular complexity index is 446. The summed E-state index contributed by atoms with van der Waals surface area (Å²) in [6.07, 6.45) is 3.09. The summed E-state index contributed by atoms with van der Waals surface area (Å²) in [4.78, 5) is 10.5. The number of nitrogens with two attached hydrogens (primary N) is 1. The third kappa shape index (κ3) is 2.76. The van der Waals surface area contributed by atoms with Gasteiger partial charge in [-0.3, -0.25) is 10.1 Å². The number of nitrogens with one attached hydrogen (secondary N) is 1. The first kappa shape index (κ1) is 12.3. The summed E-state index contributed by atoms with van der Waals surface area (Å²) in [5.41, 5.74) is 6.47. The average molecular weight is 300 g/mol. The van der Waals surface area contributed by atoms with Crippen molar-refractivity contribution in [1.82, 2.24) is 0 Å². The predicted octanol–water partition coefficient (Wildman–Crippen LogP) is 2.65. The van der Waals surface area contributed by atoms with Crippen molar-refractivity contribution in [3.05, 3.63) is 32.8 Å². The molecule has 17 heavy (non-hydrogen) atoms. The van der Waals surface area contributed by atoms with Crippen molar-refractivity contribution in [3.63, 3.8) is 0 Å². The van der Waals surface area contributed by atoms with Crippen LogP contribution in [0.2, 0.25) is 0 Å². The van der Waals surface area contributed by atoms with Crippen molar-refractivity contribution >= 4 is 27.3 Å². The van der Waals surface area contributed by atoms with Gasteiger partial charge in [-0.05, 0) is 31.4 Å². The van der Waals surface area contributed by atoms with Gasteiger partial charge in [-0.1, -0.05) is 15.9 Å². The normalized spacial score (nSPS) is 17.3. The first-order chi connectivity index (χ1) is 8.00. The van der Waals surface area contributed by atoms with Crippen LogP contribution in [-0.2, 0) is 0 Å². The summed E-state index contributed by atoms with van der Waals surface area (Å²) in [5.74, 6) is 0. The number of nitrogens with zero attached hydrogens (tertiary/aromatic N) is 1. The van der Waals surface area contributed by atoms with Crippen LogP contribution in [0.1, 0.15) is 19.3 Å². The second-order valence-electron chi connectivity index (χ2n) is 4.49. The second-order valence-corrected chi connectivity index (χ2v) is 5.40. The fourth-order valence-electron chi connectivity index (χ4n) is 1.89. The molecule has 0 aromatic heterocycles. The van der Waals surface area contributed by atoms with E-state index in [1.165, 1.54) is 6.07 Å². The van der Waals surface area contributed by atoms with Crippen molar-refractivity contribution in [1.29, 1.82) is 0 Å². The largest absolute Gasteiger partial charge is 0.378 e. The maximum absolute atomic E-state index is 10.9. The lowest BCUT2D eigenvalue weighted by Gasteiger charge is -2.38. The molecule has 1 aliphatic rings. The molecule has 0 saturated heterocycles. The molecule has 1 aromatic carbocycles. The lowest BCUT2D eigenvalue weighted by atomic mass is 9.78. The Morgan fingerprint density at radius 2 is 2.24 bits per heavy atom. The summed E-state index contributed by atoms with van der Waals surface area (Å²) in [5, 5.41) is 13.9. The summed E-state index contributed by atoms with van der Waals surface area (Å²) >= 11 is 3.30. The van der Waals surface area contributed by atoms with Crippen LogP contribution in [0.4, 0.5) is 11.4 Å². The van der Waals surface area contributed by atoms with Crippen LogP contribution in [0.15, 0.2) is 22.7 Å². The molecule has 0 aliphatic heterocycles. The predicted molar refractivity (Wildman–Crippen MR) is 70.1 cm³/mol. The average Bonchev–Trinajstić information content (AvgIpc) is 2.23. The minimum Gasteiger partial charge on any atom is -0.378 e. The molecule has 92 valence electrons. The highest BCUT2D eigenvalue weighted by molar-refractivity contribution is 9.10. The molecule has 6 heteroatoms. The van der Waals surface area contributed by atoms with Crippen LogP contribution in [0, 0.1) is 10.1 Å². The number of hydrogen-bond donors (Lipinski definition) is 2. The first-order valence-corrected chi connectivity index (χ1v) is 6.26. The van der Waals surface area contributed by atoms with Crippen molar-refractivity contribution in [2.24, 2.45) is 5.73 Å². The lowest BCUT2D eigenvalue weighted by molar-refractivity contribution is -0.384. The second kappa shape index (κ2) is 4.62. The van der Waals surface area contributed by atoms with Crippen LogP contribution >= 0.6 is 15.9 Å². The number of nitro groups is 1. The Balaban J connectivity index is 2.13. The molecular weight excluding hydrogens is 286 g/mol. The number of rotatable bonds is 4. The molecule has 0 heterocycles. The Morgan fingerprint density at radius 3 is 2.76 bits per heavy atom. The Morgan fingerprint density at radius 1 is 1.53 bits per heavy atom. The van der Waals surface area contributed by atoms with Gasteiger partial charge in [0, 0.05) is 22.6 Å². The minimum absolute atomic E-state index is 0.0797. The van der Waals surface area contributed by atoms with Gasteiger partial charge < -0.3 is 11.1 Å². The van der Waals surface area contributed by atoms with E-state index >= 15 is 0 Å². The maximum Gasteiger partial charge on any atom is 0.292 e. The molecule has 0 bridgehead atoms. The molecule has 1 saturated carbocycles. The molecule has 3 N–H and O–H groups in total. The number of nitro benzene ring substituents is 1. The summed E-state index contributed by atoms with van der Waals surface area (Å²) in [7, 11) is 0. The Kier molecular flexibility index (Phi) is 3.35. The molecule has 2 rings (SSSR count). The molecule has 0 radical (unpaired) electrons. The number of halogens is 1.